The van der Waals surface area contributed by atoms with E-state index in [1.807, 2.05) is 53.2 Å². The van der Waals surface area contributed by atoms with Gasteiger partial charge in [-0.15, -0.1) is 0 Å². The molecular formula is C30H32FN5O2. The zero-order valence-electron chi connectivity index (χ0n) is 21.3. The topological polar surface area (TPSA) is 83.0 Å². The van der Waals surface area contributed by atoms with Gasteiger partial charge in [0.2, 0.25) is 5.91 Å². The zero-order valence-corrected chi connectivity index (χ0v) is 21.3. The molecule has 4 aromatic rings. The van der Waals surface area contributed by atoms with Gasteiger partial charge in [-0.05, 0) is 79.1 Å². The highest BCUT2D eigenvalue weighted by Crippen LogP contribution is 2.35. The summed E-state index contributed by atoms with van der Waals surface area (Å²) in [4.78, 5) is 35.2. The first kappa shape index (κ1) is 24.6. The van der Waals surface area contributed by atoms with E-state index in [0.29, 0.717) is 6.54 Å². The maximum absolute atomic E-state index is 13.9. The van der Waals surface area contributed by atoms with E-state index in [2.05, 4.69) is 20.2 Å². The van der Waals surface area contributed by atoms with Crippen LogP contribution in [0.15, 0.2) is 71.8 Å². The van der Waals surface area contributed by atoms with Crippen molar-refractivity contribution in [2.45, 2.75) is 50.1 Å². The van der Waals surface area contributed by atoms with Crippen molar-refractivity contribution in [3.63, 3.8) is 0 Å². The number of nitrogens with zero attached hydrogens (tertiary/aromatic N) is 3. The number of aryl methyl sites for hydroxylation is 1. The number of carbonyl (C=O) groups excluding carboxylic acids is 1. The van der Waals surface area contributed by atoms with Crippen LogP contribution in [0.3, 0.4) is 0 Å². The number of amides is 1. The molecular weight excluding hydrogens is 481 g/mol. The predicted molar refractivity (Wildman–Crippen MR) is 145 cm³/mol. The van der Waals surface area contributed by atoms with E-state index in [9.17, 15) is 14.0 Å². The molecule has 7 nitrogen and oxygen atoms in total. The number of carbonyl (C=O) groups is 1. The number of halogens is 1. The summed E-state index contributed by atoms with van der Waals surface area (Å²) in [5.41, 5.74) is 4.96. The molecule has 0 unspecified atom stereocenters. The Morgan fingerprint density at radius 1 is 1.08 bits per heavy atom. The Labute approximate surface area is 220 Å². The molecule has 38 heavy (non-hydrogen) atoms. The Morgan fingerprint density at radius 3 is 2.74 bits per heavy atom. The van der Waals surface area contributed by atoms with Gasteiger partial charge in [0.15, 0.2) is 0 Å². The molecule has 2 aromatic heterocycles. The van der Waals surface area contributed by atoms with E-state index < -0.39 is 0 Å². The second-order valence-corrected chi connectivity index (χ2v) is 10.6. The lowest BCUT2D eigenvalue weighted by atomic mass is 9.76. The monoisotopic (exact) mass is 513 g/mol. The number of imidazole rings is 1. The van der Waals surface area contributed by atoms with Crippen LogP contribution in [0, 0.1) is 5.82 Å². The molecule has 0 bridgehead atoms. The molecule has 0 radical (unpaired) electrons. The third-order valence-electron chi connectivity index (χ3n) is 8.15. The number of benzene rings is 2. The molecule has 1 aliphatic heterocycles. The van der Waals surface area contributed by atoms with Gasteiger partial charge in [0.05, 0.1) is 17.6 Å². The van der Waals surface area contributed by atoms with Crippen molar-refractivity contribution >= 4 is 16.9 Å². The molecule has 1 fully saturated rings. The second-order valence-electron chi connectivity index (χ2n) is 10.6. The number of aromatic nitrogens is 3. The number of piperidine rings is 1. The number of nitrogens with one attached hydrogen (secondary N) is 2. The molecule has 1 saturated heterocycles. The molecule has 2 atom stereocenters. The van der Waals surface area contributed by atoms with Crippen molar-refractivity contribution in [2.75, 3.05) is 19.6 Å². The number of rotatable bonds is 6. The first-order valence-electron chi connectivity index (χ1n) is 13.4. The second kappa shape index (κ2) is 10.5. The summed E-state index contributed by atoms with van der Waals surface area (Å²) >= 11 is 0. The minimum Gasteiger partial charge on any atom is -0.352 e. The van der Waals surface area contributed by atoms with E-state index >= 15 is 0 Å². The van der Waals surface area contributed by atoms with Gasteiger partial charge in [0.25, 0.3) is 0 Å². The van der Waals surface area contributed by atoms with Crippen LogP contribution in [0.5, 0.6) is 0 Å². The highest BCUT2D eigenvalue weighted by Gasteiger charge is 2.32. The maximum atomic E-state index is 13.9. The van der Waals surface area contributed by atoms with Crippen LogP contribution in [-0.2, 0) is 17.6 Å². The fourth-order valence-corrected chi connectivity index (χ4v) is 6.31. The SMILES string of the molecule is O=C(CN1CCC(n2c(=O)[nH]c3ccccc32)CC1)N[C@H]1CCc2cc(F)ccc2[C@H]1Cc1cccnc1. The molecule has 3 heterocycles. The standard InChI is InChI=1S/C30H32FN5O2/c31-22-8-9-24-21(17-22)7-10-26(25(24)16-20-4-3-13-32-18-20)33-29(37)19-35-14-11-23(12-15-35)36-28-6-2-1-5-27(28)34-30(36)38/h1-6,8-9,13,17-18,23,25-26H,7,10-12,14-16,19H2,(H,33,37)(H,34,38)/t25-,26+/m1/s1. The molecule has 2 aromatic carbocycles. The molecule has 1 aliphatic carbocycles. The summed E-state index contributed by atoms with van der Waals surface area (Å²) in [7, 11) is 0. The summed E-state index contributed by atoms with van der Waals surface area (Å²) in [6, 6.07) is 16.9. The summed E-state index contributed by atoms with van der Waals surface area (Å²) in [5.74, 6) is -0.142. The number of pyridine rings is 1. The lowest BCUT2D eigenvalue weighted by Crippen LogP contribution is -2.48. The number of para-hydroxylation sites is 2. The summed E-state index contributed by atoms with van der Waals surface area (Å²) in [5, 5.41) is 3.31. The van der Waals surface area contributed by atoms with Crippen molar-refractivity contribution in [3.8, 4) is 0 Å². The van der Waals surface area contributed by atoms with Crippen LogP contribution >= 0.6 is 0 Å². The van der Waals surface area contributed by atoms with Crippen LogP contribution < -0.4 is 11.0 Å². The number of fused-ring (bicyclic) bond motifs is 2. The lowest BCUT2D eigenvalue weighted by molar-refractivity contribution is -0.123. The minimum atomic E-state index is -0.218. The molecule has 0 saturated carbocycles. The van der Waals surface area contributed by atoms with Crippen LogP contribution in [0.2, 0.25) is 0 Å². The van der Waals surface area contributed by atoms with Gasteiger partial charge in [0, 0.05) is 43.5 Å². The van der Waals surface area contributed by atoms with Gasteiger partial charge in [0.1, 0.15) is 5.82 Å². The lowest BCUT2D eigenvalue weighted by Gasteiger charge is -2.36. The molecule has 2 aliphatic rings. The number of H-pyrrole nitrogens is 1. The van der Waals surface area contributed by atoms with E-state index in [4.69, 9.17) is 0 Å². The molecule has 2 N–H and O–H groups in total. The molecule has 6 rings (SSSR count). The largest absolute Gasteiger partial charge is 0.352 e. The van der Waals surface area contributed by atoms with Crippen LogP contribution in [0.25, 0.3) is 11.0 Å². The highest BCUT2D eigenvalue weighted by molar-refractivity contribution is 5.78. The fraction of sp³-hybridized carbons (Fsp3) is 0.367. The normalized spacial score (nSPS) is 20.3. The maximum Gasteiger partial charge on any atom is 0.326 e. The van der Waals surface area contributed by atoms with Crippen molar-refractivity contribution in [1.82, 2.24) is 24.8 Å². The highest BCUT2D eigenvalue weighted by atomic mass is 19.1. The van der Waals surface area contributed by atoms with E-state index in [-0.39, 0.29) is 35.4 Å². The Balaban J connectivity index is 1.11. The van der Waals surface area contributed by atoms with E-state index in [0.717, 1.165) is 72.9 Å². The fourth-order valence-electron chi connectivity index (χ4n) is 6.31. The van der Waals surface area contributed by atoms with E-state index in [1.54, 1.807) is 12.3 Å². The quantitative estimate of drug-likeness (QED) is 0.409. The first-order chi connectivity index (χ1) is 18.5. The van der Waals surface area contributed by atoms with Crippen molar-refractivity contribution < 1.29 is 9.18 Å². The van der Waals surface area contributed by atoms with Crippen molar-refractivity contribution in [1.29, 1.82) is 0 Å². The number of hydrogen-bond donors (Lipinski definition) is 2. The smallest absolute Gasteiger partial charge is 0.326 e. The predicted octanol–water partition coefficient (Wildman–Crippen LogP) is 3.96. The zero-order chi connectivity index (χ0) is 26.1. The average Bonchev–Trinajstić information content (AvgIpc) is 3.26. The molecule has 196 valence electrons. The first-order valence-corrected chi connectivity index (χ1v) is 13.4. The van der Waals surface area contributed by atoms with Gasteiger partial charge < -0.3 is 10.3 Å². The van der Waals surface area contributed by atoms with Crippen LogP contribution in [-0.4, -0.2) is 51.0 Å². The Bertz CT molecular complexity index is 1490. The summed E-state index contributed by atoms with van der Waals surface area (Å²) < 4.78 is 15.8. The summed E-state index contributed by atoms with van der Waals surface area (Å²) in [6.45, 7) is 1.85. The van der Waals surface area contributed by atoms with Gasteiger partial charge >= 0.3 is 5.69 Å². The number of hydrogen-bond acceptors (Lipinski definition) is 4. The minimum absolute atomic E-state index is 0.0134. The van der Waals surface area contributed by atoms with Gasteiger partial charge in [-0.1, -0.05) is 24.3 Å². The molecule has 8 heteroatoms. The third-order valence-corrected chi connectivity index (χ3v) is 8.15. The average molecular weight is 514 g/mol. The van der Waals surface area contributed by atoms with Crippen molar-refractivity contribution in [2.24, 2.45) is 0 Å². The Morgan fingerprint density at radius 2 is 1.92 bits per heavy atom. The van der Waals surface area contributed by atoms with Gasteiger partial charge in [-0.25, -0.2) is 9.18 Å². The molecule has 1 amide bonds. The van der Waals surface area contributed by atoms with Gasteiger partial charge in [-0.3, -0.25) is 19.2 Å². The summed E-state index contributed by atoms with van der Waals surface area (Å²) in [6.07, 6.45) is 7.51. The number of likely N-dealkylation sites (tertiary alicyclic amines) is 1. The Kier molecular flexibility index (Phi) is 6.81. The molecule has 0 spiro atoms. The van der Waals surface area contributed by atoms with Gasteiger partial charge in [-0.2, -0.15) is 0 Å². The van der Waals surface area contributed by atoms with E-state index in [1.165, 1.54) is 6.07 Å². The number of aromatic amines is 1. The Hall–Kier alpha value is -3.78. The van der Waals surface area contributed by atoms with Crippen LogP contribution in [0.1, 0.15) is 47.9 Å². The third kappa shape index (κ3) is 5.00. The van der Waals surface area contributed by atoms with Crippen LogP contribution in [0.4, 0.5) is 4.39 Å². The van der Waals surface area contributed by atoms with Crippen molar-refractivity contribution in [3.05, 3.63) is 100.0 Å².